The Bertz CT molecular complexity index is 898. The van der Waals surface area contributed by atoms with E-state index in [1.165, 1.54) is 19.1 Å². The molecule has 3 aliphatic carbocycles. The Morgan fingerprint density at radius 2 is 1.80 bits per heavy atom. The molecule has 1 saturated carbocycles. The van der Waals surface area contributed by atoms with E-state index in [-0.39, 0.29) is 34.7 Å². The maximum absolute atomic E-state index is 13.2. The Morgan fingerprint density at radius 1 is 1.12 bits per heavy atom. The molecule has 0 unspecified atom stereocenters. The van der Waals surface area contributed by atoms with E-state index < -0.39 is 17.7 Å². The lowest BCUT2D eigenvalue weighted by Crippen LogP contribution is -2.28. The molecule has 2 aromatic rings. The van der Waals surface area contributed by atoms with Gasteiger partial charge >= 0.3 is 6.18 Å². The van der Waals surface area contributed by atoms with Gasteiger partial charge in [-0.3, -0.25) is 9.36 Å². The third-order valence-corrected chi connectivity index (χ3v) is 5.44. The molecule has 1 heterocycles. The van der Waals surface area contributed by atoms with Crippen LogP contribution in [0.25, 0.3) is 5.69 Å². The summed E-state index contributed by atoms with van der Waals surface area (Å²) in [6.45, 7) is 1.30. The zero-order valence-corrected chi connectivity index (χ0v) is 13.4. The fourth-order valence-electron chi connectivity index (χ4n) is 4.30. The van der Waals surface area contributed by atoms with E-state index in [9.17, 15) is 28.2 Å². The van der Waals surface area contributed by atoms with E-state index >= 15 is 0 Å². The molecular formula is C18H16F3NO3. The summed E-state index contributed by atoms with van der Waals surface area (Å²) in [7, 11) is 0. The lowest BCUT2D eigenvalue weighted by molar-refractivity contribution is -0.138. The van der Waals surface area contributed by atoms with Gasteiger partial charge in [0.15, 0.2) is 0 Å². The average molecular weight is 351 g/mol. The summed E-state index contributed by atoms with van der Waals surface area (Å²) < 4.78 is 40.6. The number of alkyl halides is 3. The maximum atomic E-state index is 13.2. The van der Waals surface area contributed by atoms with Crippen molar-refractivity contribution in [1.29, 1.82) is 0 Å². The smallest absolute Gasteiger partial charge is 0.416 e. The molecule has 2 bridgehead atoms. The monoisotopic (exact) mass is 351 g/mol. The van der Waals surface area contributed by atoms with E-state index in [4.69, 9.17) is 0 Å². The zero-order valence-electron chi connectivity index (χ0n) is 13.4. The van der Waals surface area contributed by atoms with Gasteiger partial charge in [0, 0.05) is 23.5 Å². The van der Waals surface area contributed by atoms with Crippen LogP contribution in [0.2, 0.25) is 0 Å². The molecule has 132 valence electrons. The van der Waals surface area contributed by atoms with Crippen molar-refractivity contribution in [2.45, 2.75) is 44.2 Å². The van der Waals surface area contributed by atoms with Crippen LogP contribution in [0, 0.1) is 6.92 Å². The number of hydrogen-bond acceptors (Lipinski definition) is 3. The van der Waals surface area contributed by atoms with Crippen LogP contribution in [-0.4, -0.2) is 20.6 Å². The molecule has 0 saturated heterocycles. The molecular weight excluding hydrogens is 335 g/mol. The van der Waals surface area contributed by atoms with Crippen LogP contribution in [0.3, 0.4) is 0 Å². The molecule has 0 aliphatic heterocycles. The highest BCUT2D eigenvalue weighted by Crippen LogP contribution is 2.56. The zero-order chi connectivity index (χ0) is 18.1. The normalized spacial score (nSPS) is 22.3. The van der Waals surface area contributed by atoms with Gasteiger partial charge in [-0.05, 0) is 43.4 Å². The van der Waals surface area contributed by atoms with Crippen molar-refractivity contribution in [2.24, 2.45) is 0 Å². The van der Waals surface area contributed by atoms with E-state index in [1.807, 2.05) is 0 Å². The first kappa shape index (κ1) is 16.1. The number of hydrogen-bond donors (Lipinski definition) is 2. The number of ketones is 1. The predicted octanol–water partition coefficient (Wildman–Crippen LogP) is 4.15. The highest BCUT2D eigenvalue weighted by Gasteiger charge is 2.45. The van der Waals surface area contributed by atoms with Crippen LogP contribution in [0.1, 0.15) is 53.4 Å². The molecule has 25 heavy (non-hydrogen) atoms. The van der Waals surface area contributed by atoms with Crippen LogP contribution in [-0.2, 0) is 11.0 Å². The SMILES string of the molecule is Cc1c(-n2c(O)c3c(c2O)[C@@H]2CC[C@H]3CC2=O)cccc1C(F)(F)F. The van der Waals surface area contributed by atoms with Crippen LogP contribution in [0.15, 0.2) is 18.2 Å². The molecule has 1 fully saturated rings. The number of carbonyl (C=O) groups is 1. The summed E-state index contributed by atoms with van der Waals surface area (Å²) in [5, 5.41) is 21.3. The summed E-state index contributed by atoms with van der Waals surface area (Å²) in [4.78, 5) is 12.1. The van der Waals surface area contributed by atoms with E-state index in [0.29, 0.717) is 24.0 Å². The molecule has 2 atom stereocenters. The van der Waals surface area contributed by atoms with Crippen molar-refractivity contribution < 1.29 is 28.2 Å². The van der Waals surface area contributed by atoms with Gasteiger partial charge in [0.05, 0.1) is 11.3 Å². The Labute approximate surface area is 141 Å². The highest BCUT2D eigenvalue weighted by molar-refractivity contribution is 5.91. The second-order valence-electron chi connectivity index (χ2n) is 6.75. The summed E-state index contributed by atoms with van der Waals surface area (Å²) in [5.41, 5.74) is 0.0270. The van der Waals surface area contributed by atoms with Crippen molar-refractivity contribution in [3.63, 3.8) is 0 Å². The minimum Gasteiger partial charge on any atom is -0.494 e. The van der Waals surface area contributed by atoms with Gasteiger partial charge in [0.1, 0.15) is 5.78 Å². The Kier molecular flexibility index (Phi) is 3.23. The van der Waals surface area contributed by atoms with Crippen molar-refractivity contribution in [3.8, 4) is 17.4 Å². The number of fused-ring (bicyclic) bond motifs is 2. The summed E-state index contributed by atoms with van der Waals surface area (Å²) in [6, 6.07) is 3.62. The first-order valence-corrected chi connectivity index (χ1v) is 8.08. The number of aromatic hydroxyl groups is 2. The molecule has 1 aromatic heterocycles. The second-order valence-corrected chi connectivity index (χ2v) is 6.75. The number of carbonyl (C=O) groups excluding carboxylic acids is 1. The van der Waals surface area contributed by atoms with Crippen molar-refractivity contribution in [2.75, 3.05) is 0 Å². The fourth-order valence-corrected chi connectivity index (χ4v) is 4.30. The van der Waals surface area contributed by atoms with Gasteiger partial charge in [-0.1, -0.05) is 6.07 Å². The van der Waals surface area contributed by atoms with Crippen LogP contribution >= 0.6 is 0 Å². The van der Waals surface area contributed by atoms with E-state index in [1.54, 1.807) is 0 Å². The van der Waals surface area contributed by atoms with Crippen molar-refractivity contribution in [1.82, 2.24) is 4.57 Å². The van der Waals surface area contributed by atoms with Crippen LogP contribution in [0.4, 0.5) is 13.2 Å². The first-order chi connectivity index (χ1) is 11.7. The van der Waals surface area contributed by atoms with Gasteiger partial charge in [-0.15, -0.1) is 0 Å². The average Bonchev–Trinajstić information content (AvgIpc) is 2.80. The third-order valence-electron chi connectivity index (χ3n) is 5.44. The van der Waals surface area contributed by atoms with Gasteiger partial charge < -0.3 is 10.2 Å². The number of Topliss-reactive ketones (excluding diaryl/α,β-unsaturated/α-hetero) is 1. The minimum atomic E-state index is -4.53. The van der Waals surface area contributed by atoms with Gasteiger partial charge in [0.2, 0.25) is 11.8 Å². The van der Waals surface area contributed by atoms with Gasteiger partial charge in [0.25, 0.3) is 0 Å². The Morgan fingerprint density at radius 3 is 2.44 bits per heavy atom. The summed E-state index contributed by atoms with van der Waals surface area (Å²) in [5.74, 6) is -1.27. The lowest BCUT2D eigenvalue weighted by atomic mass is 9.67. The molecule has 0 amide bonds. The predicted molar refractivity (Wildman–Crippen MR) is 83.2 cm³/mol. The van der Waals surface area contributed by atoms with Gasteiger partial charge in [-0.2, -0.15) is 13.2 Å². The molecule has 3 aliphatic rings. The Hall–Kier alpha value is -2.44. The standard InChI is InChI=1S/C18H16F3NO3/c1-8-11(18(19,20)21)3-2-4-12(8)22-16(24)14-9-5-6-10(13(23)7-9)15(14)17(22)25/h2-4,9-10,24-25H,5-7H2,1H3/t9-,10+/m0/s1. The number of aromatic nitrogens is 1. The molecule has 0 spiro atoms. The fraction of sp³-hybridized carbons (Fsp3) is 0.389. The van der Waals surface area contributed by atoms with Crippen LogP contribution in [0.5, 0.6) is 11.8 Å². The Balaban J connectivity index is 1.97. The molecule has 7 heteroatoms. The van der Waals surface area contributed by atoms with E-state index in [0.717, 1.165) is 17.1 Å². The molecule has 5 rings (SSSR count). The van der Waals surface area contributed by atoms with Crippen molar-refractivity contribution in [3.05, 3.63) is 40.5 Å². The van der Waals surface area contributed by atoms with Crippen LogP contribution < -0.4 is 0 Å². The molecule has 2 N–H and O–H groups in total. The number of benzene rings is 1. The molecule has 0 radical (unpaired) electrons. The number of halogens is 3. The minimum absolute atomic E-state index is 0.0111. The van der Waals surface area contributed by atoms with Crippen molar-refractivity contribution >= 4 is 5.78 Å². The summed E-state index contributed by atoms with van der Waals surface area (Å²) >= 11 is 0. The third kappa shape index (κ3) is 2.11. The van der Waals surface area contributed by atoms with Gasteiger partial charge in [-0.25, -0.2) is 0 Å². The molecule has 4 nitrogen and oxygen atoms in total. The number of nitrogens with zero attached hydrogens (tertiary/aromatic N) is 1. The highest BCUT2D eigenvalue weighted by atomic mass is 19.4. The topological polar surface area (TPSA) is 62.5 Å². The van der Waals surface area contributed by atoms with E-state index in [2.05, 4.69) is 0 Å². The largest absolute Gasteiger partial charge is 0.494 e. The lowest BCUT2D eigenvalue weighted by Gasteiger charge is -2.34. The molecule has 1 aromatic carbocycles. The summed E-state index contributed by atoms with van der Waals surface area (Å²) in [6.07, 6.45) is -2.92. The second kappa shape index (κ2) is 5.03. The first-order valence-electron chi connectivity index (χ1n) is 8.08. The number of rotatable bonds is 1. The maximum Gasteiger partial charge on any atom is 0.416 e. The quantitative estimate of drug-likeness (QED) is 0.811.